The van der Waals surface area contributed by atoms with Crippen molar-refractivity contribution < 1.29 is 23.4 Å². The number of ether oxygens (including phenoxy) is 3. The fourth-order valence-electron chi connectivity index (χ4n) is 4.40. The van der Waals surface area contributed by atoms with Gasteiger partial charge in [0.25, 0.3) is 0 Å². The Labute approximate surface area is 192 Å². The van der Waals surface area contributed by atoms with Crippen LogP contribution in [-0.4, -0.2) is 12.9 Å². The lowest BCUT2D eigenvalue weighted by molar-refractivity contribution is -0.119. The predicted molar refractivity (Wildman–Crippen MR) is 119 cm³/mol. The van der Waals surface area contributed by atoms with Crippen molar-refractivity contribution in [1.82, 2.24) is 0 Å². The highest BCUT2D eigenvalue weighted by Crippen LogP contribution is 2.48. The van der Waals surface area contributed by atoms with E-state index < -0.39 is 5.92 Å². The second-order valence-electron chi connectivity index (χ2n) is 9.02. The second-order valence-corrected chi connectivity index (χ2v) is 9.02. The number of nitrogens with two attached hydrogens (primary N) is 1. The zero-order valence-corrected chi connectivity index (χ0v) is 18.8. The molecule has 1 aliphatic carbocycles. The number of ketones is 1. The Bertz CT molecular complexity index is 1210. The minimum atomic E-state index is -0.627. The van der Waals surface area contributed by atoms with Crippen molar-refractivity contribution in [3.8, 4) is 17.6 Å². The van der Waals surface area contributed by atoms with Gasteiger partial charge in [-0.1, -0.05) is 19.9 Å². The molecule has 0 bridgehead atoms. The van der Waals surface area contributed by atoms with E-state index in [1.54, 1.807) is 25.3 Å². The molecule has 0 unspecified atom stereocenters. The molecule has 0 radical (unpaired) electrons. The highest BCUT2D eigenvalue weighted by molar-refractivity contribution is 6.00. The van der Waals surface area contributed by atoms with E-state index in [2.05, 4.69) is 6.07 Å². The number of benzene rings is 2. The van der Waals surface area contributed by atoms with Crippen molar-refractivity contribution in [2.24, 2.45) is 11.1 Å². The smallest absolute Gasteiger partial charge is 0.205 e. The summed E-state index contributed by atoms with van der Waals surface area (Å²) in [5.41, 5.74) is 7.98. The molecule has 4 rings (SSSR count). The van der Waals surface area contributed by atoms with Crippen molar-refractivity contribution in [2.45, 2.75) is 39.2 Å². The van der Waals surface area contributed by atoms with Gasteiger partial charge in [-0.05, 0) is 47.4 Å². The van der Waals surface area contributed by atoms with E-state index in [1.165, 1.54) is 12.1 Å². The SMILES string of the molecule is COc1ccc([C@H]2C(C#N)=C(N)OC3=C2C(=O)CC(C)(C)C3)cc1COc1ccc(F)cc1. The molecule has 33 heavy (non-hydrogen) atoms. The van der Waals surface area contributed by atoms with Crippen molar-refractivity contribution in [2.75, 3.05) is 7.11 Å². The standard InChI is InChI=1S/C26H25FN2O4/c1-26(2)11-20(30)24-22(12-26)33-25(29)19(13-28)23(24)15-4-9-21(31-3)16(10-15)14-32-18-7-5-17(27)6-8-18/h4-10,23H,11-12,14,29H2,1-3H3/t23-/m0/s1. The van der Waals surface area contributed by atoms with Crippen LogP contribution in [0.2, 0.25) is 0 Å². The summed E-state index contributed by atoms with van der Waals surface area (Å²) in [5.74, 6) is 0.619. The molecular weight excluding hydrogens is 423 g/mol. The quantitative estimate of drug-likeness (QED) is 0.702. The summed E-state index contributed by atoms with van der Waals surface area (Å²) in [4.78, 5) is 13.2. The first-order chi connectivity index (χ1) is 15.7. The fourth-order valence-corrected chi connectivity index (χ4v) is 4.40. The Hall–Kier alpha value is -3.79. The van der Waals surface area contributed by atoms with Gasteiger partial charge in [0.05, 0.1) is 13.0 Å². The highest BCUT2D eigenvalue weighted by Gasteiger charge is 2.43. The number of nitriles is 1. The number of Topliss-reactive ketones (excluding diaryl/α,β-unsaturated/α-hetero) is 1. The van der Waals surface area contributed by atoms with Crippen molar-refractivity contribution in [1.29, 1.82) is 5.26 Å². The van der Waals surface area contributed by atoms with Gasteiger partial charge >= 0.3 is 0 Å². The Morgan fingerprint density at radius 3 is 2.61 bits per heavy atom. The maximum absolute atomic E-state index is 13.2. The van der Waals surface area contributed by atoms with Gasteiger partial charge in [0.1, 0.15) is 41.3 Å². The number of hydrogen-bond acceptors (Lipinski definition) is 6. The second kappa shape index (κ2) is 8.62. The highest BCUT2D eigenvalue weighted by atomic mass is 19.1. The summed E-state index contributed by atoms with van der Waals surface area (Å²) in [6, 6.07) is 13.3. The largest absolute Gasteiger partial charge is 0.496 e. The zero-order valence-electron chi connectivity index (χ0n) is 18.8. The van der Waals surface area contributed by atoms with E-state index in [1.807, 2.05) is 26.0 Å². The van der Waals surface area contributed by atoms with Crippen LogP contribution in [-0.2, 0) is 16.1 Å². The van der Waals surface area contributed by atoms with Crippen LogP contribution in [0, 0.1) is 22.6 Å². The molecule has 2 aromatic carbocycles. The summed E-state index contributed by atoms with van der Waals surface area (Å²) in [6.07, 6.45) is 0.918. The number of rotatable bonds is 5. The number of nitrogens with zero attached hydrogens (tertiary/aromatic N) is 1. The monoisotopic (exact) mass is 448 g/mol. The van der Waals surface area contributed by atoms with Crippen LogP contribution in [0.4, 0.5) is 4.39 Å². The van der Waals surface area contributed by atoms with Crippen LogP contribution >= 0.6 is 0 Å². The van der Waals surface area contributed by atoms with Gasteiger partial charge in [-0.15, -0.1) is 0 Å². The van der Waals surface area contributed by atoms with Crippen LogP contribution in [0.3, 0.4) is 0 Å². The minimum Gasteiger partial charge on any atom is -0.496 e. The summed E-state index contributed by atoms with van der Waals surface area (Å²) in [7, 11) is 1.55. The number of hydrogen-bond donors (Lipinski definition) is 1. The Kier molecular flexibility index (Phi) is 5.86. The summed E-state index contributed by atoms with van der Waals surface area (Å²) < 4.78 is 30.2. The van der Waals surface area contributed by atoms with Gasteiger partial charge in [-0.2, -0.15) is 5.26 Å². The van der Waals surface area contributed by atoms with Gasteiger partial charge in [-0.3, -0.25) is 4.79 Å². The van der Waals surface area contributed by atoms with E-state index in [0.29, 0.717) is 41.2 Å². The lowest BCUT2D eigenvalue weighted by Gasteiger charge is -2.37. The molecular formula is C26H25FN2O4. The van der Waals surface area contributed by atoms with Gasteiger partial charge in [0.2, 0.25) is 5.88 Å². The molecule has 2 N–H and O–H groups in total. The molecule has 0 fully saturated rings. The van der Waals surface area contributed by atoms with Crippen LogP contribution in [0.15, 0.2) is 65.3 Å². The number of carbonyl (C=O) groups excluding carboxylic acids is 1. The van der Waals surface area contributed by atoms with Crippen molar-refractivity contribution in [3.05, 3.63) is 82.2 Å². The van der Waals surface area contributed by atoms with Gasteiger partial charge in [-0.25, -0.2) is 4.39 Å². The molecule has 1 heterocycles. The molecule has 7 heteroatoms. The number of carbonyl (C=O) groups is 1. The summed E-state index contributed by atoms with van der Waals surface area (Å²) in [5, 5.41) is 9.84. The van der Waals surface area contributed by atoms with Gasteiger partial charge < -0.3 is 19.9 Å². The average molecular weight is 448 g/mol. The predicted octanol–water partition coefficient (Wildman–Crippen LogP) is 4.86. The molecule has 2 aliphatic rings. The third-order valence-corrected chi connectivity index (χ3v) is 5.92. The molecule has 1 atom stereocenters. The first-order valence-corrected chi connectivity index (χ1v) is 10.6. The molecule has 0 spiro atoms. The number of halogens is 1. The van der Waals surface area contributed by atoms with E-state index >= 15 is 0 Å². The lowest BCUT2D eigenvalue weighted by Crippen LogP contribution is -2.33. The Morgan fingerprint density at radius 1 is 1.21 bits per heavy atom. The van der Waals surface area contributed by atoms with Crippen molar-refractivity contribution in [3.63, 3.8) is 0 Å². The molecule has 0 aromatic heterocycles. The summed E-state index contributed by atoms with van der Waals surface area (Å²) in [6.45, 7) is 4.16. The molecule has 0 saturated heterocycles. The van der Waals surface area contributed by atoms with E-state index in [-0.39, 0.29) is 35.1 Å². The molecule has 1 aliphatic heterocycles. The lowest BCUT2D eigenvalue weighted by atomic mass is 9.70. The number of methoxy groups -OCH3 is 1. The third-order valence-electron chi connectivity index (χ3n) is 5.92. The molecule has 170 valence electrons. The molecule has 0 amide bonds. The van der Waals surface area contributed by atoms with E-state index in [9.17, 15) is 14.4 Å². The fraction of sp³-hybridized carbons (Fsp3) is 0.308. The summed E-state index contributed by atoms with van der Waals surface area (Å²) >= 11 is 0. The van der Waals surface area contributed by atoms with Crippen LogP contribution in [0.25, 0.3) is 0 Å². The Balaban J connectivity index is 1.74. The van der Waals surface area contributed by atoms with E-state index in [0.717, 1.165) is 5.56 Å². The minimum absolute atomic E-state index is 0.0201. The third kappa shape index (κ3) is 4.42. The van der Waals surface area contributed by atoms with Gasteiger partial charge in [0, 0.05) is 24.0 Å². The van der Waals surface area contributed by atoms with Crippen LogP contribution in [0.5, 0.6) is 11.5 Å². The van der Waals surface area contributed by atoms with Crippen LogP contribution in [0.1, 0.15) is 43.7 Å². The topological polar surface area (TPSA) is 94.6 Å². The normalized spacial score (nSPS) is 19.5. The van der Waals surface area contributed by atoms with Crippen molar-refractivity contribution >= 4 is 5.78 Å². The number of allylic oxidation sites excluding steroid dienone is 3. The maximum Gasteiger partial charge on any atom is 0.205 e. The molecule has 0 saturated carbocycles. The van der Waals surface area contributed by atoms with Gasteiger partial charge in [0.15, 0.2) is 5.78 Å². The maximum atomic E-state index is 13.2. The zero-order chi connectivity index (χ0) is 23.8. The first kappa shape index (κ1) is 22.4. The molecule has 6 nitrogen and oxygen atoms in total. The first-order valence-electron chi connectivity index (χ1n) is 10.6. The molecule has 2 aromatic rings. The van der Waals surface area contributed by atoms with Crippen LogP contribution < -0.4 is 15.2 Å². The Morgan fingerprint density at radius 2 is 1.94 bits per heavy atom. The average Bonchev–Trinajstić information content (AvgIpc) is 2.76. The van der Waals surface area contributed by atoms with E-state index in [4.69, 9.17) is 19.9 Å².